The van der Waals surface area contributed by atoms with Crippen LogP contribution in [0, 0.1) is 0 Å². The van der Waals surface area contributed by atoms with Crippen molar-refractivity contribution in [2.75, 3.05) is 19.6 Å². The summed E-state index contributed by atoms with van der Waals surface area (Å²) in [5.41, 5.74) is 1.77. The van der Waals surface area contributed by atoms with Crippen LogP contribution in [-0.4, -0.2) is 46.5 Å². The number of fused-ring (bicyclic) bond motifs is 1. The van der Waals surface area contributed by atoms with Crippen molar-refractivity contribution >= 4 is 16.7 Å². The van der Waals surface area contributed by atoms with Gasteiger partial charge in [0, 0.05) is 35.8 Å². The van der Waals surface area contributed by atoms with E-state index in [9.17, 15) is 9.90 Å². The Morgan fingerprint density at radius 2 is 2.05 bits per heavy atom. The maximum absolute atomic E-state index is 12.3. The average molecular weight is 258 g/mol. The number of carbonyl (C=O) groups excluding carboxylic acids is 1. The van der Waals surface area contributed by atoms with E-state index in [-0.39, 0.29) is 11.9 Å². The number of aliphatic hydroxyl groups is 1. The van der Waals surface area contributed by atoms with Crippen molar-refractivity contribution in [2.24, 2.45) is 0 Å². The zero-order valence-electron chi connectivity index (χ0n) is 10.8. The molecule has 0 atom stereocenters. The van der Waals surface area contributed by atoms with Crippen molar-refractivity contribution in [1.82, 2.24) is 9.88 Å². The van der Waals surface area contributed by atoms with Crippen molar-refractivity contribution < 1.29 is 9.90 Å². The number of piperidine rings is 1. The van der Waals surface area contributed by atoms with Gasteiger partial charge in [-0.2, -0.15) is 0 Å². The molecule has 0 unspecified atom stereocenters. The molecule has 4 nitrogen and oxygen atoms in total. The number of aromatic amines is 1. The molecule has 0 saturated carbocycles. The van der Waals surface area contributed by atoms with E-state index in [2.05, 4.69) is 9.88 Å². The number of hydrogen-bond donors (Lipinski definition) is 2. The summed E-state index contributed by atoms with van der Waals surface area (Å²) in [5.74, 6) is 0.147. The number of para-hydroxylation sites is 1. The highest BCUT2D eigenvalue weighted by Crippen LogP contribution is 2.19. The third-order valence-electron chi connectivity index (χ3n) is 3.81. The second kappa shape index (κ2) is 5.15. The van der Waals surface area contributed by atoms with Gasteiger partial charge in [0.2, 0.25) is 0 Å². The molecule has 100 valence electrons. The molecule has 2 N–H and O–H groups in total. The van der Waals surface area contributed by atoms with Crippen LogP contribution in [0.25, 0.3) is 10.9 Å². The number of ketones is 1. The molecule has 2 aromatic rings. The van der Waals surface area contributed by atoms with Crippen molar-refractivity contribution in [3.63, 3.8) is 0 Å². The third kappa shape index (κ3) is 2.55. The van der Waals surface area contributed by atoms with Gasteiger partial charge in [0.05, 0.1) is 12.6 Å². The van der Waals surface area contributed by atoms with Crippen molar-refractivity contribution in [3.05, 3.63) is 36.0 Å². The zero-order chi connectivity index (χ0) is 13.2. The number of aliphatic hydroxyl groups excluding tert-OH is 1. The quantitative estimate of drug-likeness (QED) is 0.825. The minimum absolute atomic E-state index is 0.147. The lowest BCUT2D eigenvalue weighted by Crippen LogP contribution is -2.38. The molecule has 3 rings (SSSR count). The number of H-pyrrole nitrogens is 1. The number of aromatic nitrogens is 1. The summed E-state index contributed by atoms with van der Waals surface area (Å²) in [6, 6.07) is 7.85. The summed E-state index contributed by atoms with van der Waals surface area (Å²) in [5, 5.41) is 10.5. The maximum Gasteiger partial charge on any atom is 0.178 e. The van der Waals surface area contributed by atoms with Gasteiger partial charge in [-0.15, -0.1) is 0 Å². The molecule has 1 aliphatic rings. The van der Waals surface area contributed by atoms with Gasteiger partial charge in [-0.3, -0.25) is 9.69 Å². The van der Waals surface area contributed by atoms with Gasteiger partial charge in [-0.25, -0.2) is 0 Å². The van der Waals surface area contributed by atoms with Crippen LogP contribution in [0.4, 0.5) is 0 Å². The molecule has 0 radical (unpaired) electrons. The van der Waals surface area contributed by atoms with E-state index < -0.39 is 0 Å². The number of likely N-dealkylation sites (tertiary alicyclic amines) is 1. The number of rotatable bonds is 3. The van der Waals surface area contributed by atoms with Crippen molar-refractivity contribution in [3.8, 4) is 0 Å². The van der Waals surface area contributed by atoms with Crippen LogP contribution < -0.4 is 0 Å². The van der Waals surface area contributed by atoms with Gasteiger partial charge in [-0.05, 0) is 18.9 Å². The Kier molecular flexibility index (Phi) is 3.36. The Morgan fingerprint density at radius 1 is 1.32 bits per heavy atom. The monoisotopic (exact) mass is 258 g/mol. The summed E-state index contributed by atoms with van der Waals surface area (Å²) in [6.45, 7) is 2.04. The highest BCUT2D eigenvalue weighted by Gasteiger charge is 2.20. The second-order valence-corrected chi connectivity index (χ2v) is 5.18. The van der Waals surface area contributed by atoms with E-state index in [4.69, 9.17) is 0 Å². The largest absolute Gasteiger partial charge is 0.393 e. The number of hydrogen-bond acceptors (Lipinski definition) is 3. The lowest BCUT2D eigenvalue weighted by atomic mass is 10.1. The maximum atomic E-state index is 12.3. The number of Topliss-reactive ketones (excluding diaryl/α,β-unsaturated/α-hetero) is 1. The summed E-state index contributed by atoms with van der Waals surface area (Å²) in [7, 11) is 0. The van der Waals surface area contributed by atoms with Gasteiger partial charge >= 0.3 is 0 Å². The Bertz CT molecular complexity index is 583. The molecule has 1 aromatic heterocycles. The Hall–Kier alpha value is -1.65. The minimum Gasteiger partial charge on any atom is -0.393 e. The van der Waals surface area contributed by atoms with Gasteiger partial charge in [0.1, 0.15) is 0 Å². The fourth-order valence-electron chi connectivity index (χ4n) is 2.67. The van der Waals surface area contributed by atoms with E-state index >= 15 is 0 Å². The lowest BCUT2D eigenvalue weighted by Gasteiger charge is -2.28. The summed E-state index contributed by atoms with van der Waals surface area (Å²) >= 11 is 0. The lowest BCUT2D eigenvalue weighted by molar-refractivity contribution is 0.0712. The standard InChI is InChI=1S/C15H18N2O2/c18-11-5-7-17(8-6-11)10-15(19)13-9-16-14-4-2-1-3-12(13)14/h1-4,9,11,16,18H,5-8,10H2. The van der Waals surface area contributed by atoms with E-state index in [1.807, 2.05) is 24.3 Å². The highest BCUT2D eigenvalue weighted by molar-refractivity contribution is 6.08. The Labute approximate surface area is 112 Å². The molecule has 1 fully saturated rings. The summed E-state index contributed by atoms with van der Waals surface area (Å²) < 4.78 is 0. The van der Waals surface area contributed by atoms with Gasteiger partial charge in [0.25, 0.3) is 0 Å². The summed E-state index contributed by atoms with van der Waals surface area (Å²) in [4.78, 5) is 17.6. The molecule has 0 amide bonds. The zero-order valence-corrected chi connectivity index (χ0v) is 10.8. The van der Waals surface area contributed by atoms with E-state index in [0.29, 0.717) is 6.54 Å². The van der Waals surface area contributed by atoms with Gasteiger partial charge in [0.15, 0.2) is 5.78 Å². The molecule has 1 aliphatic heterocycles. The van der Waals surface area contributed by atoms with Crippen LogP contribution in [0.3, 0.4) is 0 Å². The fourth-order valence-corrected chi connectivity index (χ4v) is 2.67. The molecule has 4 heteroatoms. The number of benzene rings is 1. The Balaban J connectivity index is 1.73. The number of nitrogens with zero attached hydrogens (tertiary/aromatic N) is 1. The van der Waals surface area contributed by atoms with Gasteiger partial charge in [-0.1, -0.05) is 18.2 Å². The minimum atomic E-state index is -0.195. The highest BCUT2D eigenvalue weighted by atomic mass is 16.3. The summed E-state index contributed by atoms with van der Waals surface area (Å²) in [6.07, 6.45) is 3.13. The molecular formula is C15H18N2O2. The van der Waals surface area contributed by atoms with Crippen molar-refractivity contribution in [2.45, 2.75) is 18.9 Å². The van der Waals surface area contributed by atoms with Crippen LogP contribution >= 0.6 is 0 Å². The molecule has 2 heterocycles. The normalized spacial score (nSPS) is 17.9. The van der Waals surface area contributed by atoms with Crippen LogP contribution in [0.1, 0.15) is 23.2 Å². The molecular weight excluding hydrogens is 240 g/mol. The molecule has 1 saturated heterocycles. The topological polar surface area (TPSA) is 56.3 Å². The Morgan fingerprint density at radius 3 is 2.84 bits per heavy atom. The molecule has 1 aromatic carbocycles. The number of carbonyl (C=O) groups is 1. The van der Waals surface area contributed by atoms with Crippen LogP contribution in [-0.2, 0) is 0 Å². The molecule has 19 heavy (non-hydrogen) atoms. The first kappa shape index (κ1) is 12.4. The first-order valence-corrected chi connectivity index (χ1v) is 6.74. The van der Waals surface area contributed by atoms with E-state index in [1.54, 1.807) is 6.20 Å². The smallest absolute Gasteiger partial charge is 0.178 e. The van der Waals surface area contributed by atoms with Crippen LogP contribution in [0.5, 0.6) is 0 Å². The SMILES string of the molecule is O=C(CN1CCC(O)CC1)c1c[nH]c2ccccc12. The van der Waals surface area contributed by atoms with Crippen LogP contribution in [0.15, 0.2) is 30.5 Å². The second-order valence-electron chi connectivity index (χ2n) is 5.18. The predicted molar refractivity (Wildman–Crippen MR) is 74.3 cm³/mol. The van der Waals surface area contributed by atoms with E-state index in [1.165, 1.54) is 0 Å². The average Bonchev–Trinajstić information content (AvgIpc) is 2.85. The first-order valence-electron chi connectivity index (χ1n) is 6.74. The third-order valence-corrected chi connectivity index (χ3v) is 3.81. The molecule has 0 bridgehead atoms. The predicted octanol–water partition coefficient (Wildman–Crippen LogP) is 1.81. The van der Waals surface area contributed by atoms with Crippen LogP contribution in [0.2, 0.25) is 0 Å². The van der Waals surface area contributed by atoms with Crippen molar-refractivity contribution in [1.29, 1.82) is 0 Å². The first-order chi connectivity index (χ1) is 9.24. The number of nitrogens with one attached hydrogen (secondary N) is 1. The van der Waals surface area contributed by atoms with Gasteiger partial charge < -0.3 is 10.1 Å². The fraction of sp³-hybridized carbons (Fsp3) is 0.400. The van der Waals surface area contributed by atoms with E-state index in [0.717, 1.165) is 42.4 Å². The molecule has 0 spiro atoms. The molecule has 0 aliphatic carbocycles.